The average molecular weight is 374 g/mol. The molecule has 0 aliphatic carbocycles. The molecule has 1 aromatic carbocycles. The lowest BCUT2D eigenvalue weighted by molar-refractivity contribution is 0.967. The summed E-state index contributed by atoms with van der Waals surface area (Å²) in [6.45, 7) is 0. The molecule has 0 unspecified atom stereocenters. The zero-order valence-electron chi connectivity index (χ0n) is 11.0. The number of hydrogen-bond donors (Lipinski definition) is 1. The first-order valence-electron chi connectivity index (χ1n) is 6.31. The molecule has 0 saturated carbocycles. The van der Waals surface area contributed by atoms with Crippen molar-refractivity contribution in [2.45, 2.75) is 0 Å². The summed E-state index contributed by atoms with van der Waals surface area (Å²) >= 11 is 4.66. The van der Waals surface area contributed by atoms with Crippen LogP contribution in [0.3, 0.4) is 0 Å². The minimum atomic E-state index is -0.144. The molecule has 0 aliphatic rings. The number of nitrogens with zero attached hydrogens (tertiary/aromatic N) is 4. The van der Waals surface area contributed by atoms with E-state index in [1.54, 1.807) is 0 Å². The van der Waals surface area contributed by atoms with Crippen LogP contribution >= 0.6 is 27.3 Å². The lowest BCUT2D eigenvalue weighted by atomic mass is 10.3. The Bertz CT molecular complexity index is 1070. The van der Waals surface area contributed by atoms with Crippen molar-refractivity contribution in [1.29, 1.82) is 0 Å². The Hall–Kier alpha value is -2.32. The third-order valence-corrected chi connectivity index (χ3v) is 4.92. The predicted molar refractivity (Wildman–Crippen MR) is 90.4 cm³/mol. The number of anilines is 1. The third kappa shape index (κ3) is 1.92. The van der Waals surface area contributed by atoms with Crippen molar-refractivity contribution in [3.63, 3.8) is 0 Å². The molecule has 6 nitrogen and oxygen atoms in total. The summed E-state index contributed by atoms with van der Waals surface area (Å²) in [4.78, 5) is 25.9. The van der Waals surface area contributed by atoms with E-state index in [4.69, 9.17) is 5.73 Å². The van der Waals surface area contributed by atoms with Crippen LogP contribution in [-0.2, 0) is 0 Å². The predicted octanol–water partition coefficient (Wildman–Crippen LogP) is 2.74. The van der Waals surface area contributed by atoms with E-state index in [0.717, 1.165) is 10.2 Å². The average Bonchev–Trinajstić information content (AvgIpc) is 2.90. The number of rotatable bonds is 1. The maximum atomic E-state index is 12.7. The van der Waals surface area contributed by atoms with E-state index < -0.39 is 0 Å². The van der Waals surface area contributed by atoms with Crippen molar-refractivity contribution in [2.75, 3.05) is 5.73 Å². The van der Waals surface area contributed by atoms with E-state index in [1.165, 1.54) is 28.6 Å². The quantitative estimate of drug-likeness (QED) is 0.554. The zero-order chi connectivity index (χ0) is 15.3. The largest absolute Gasteiger partial charge is 0.383 e. The lowest BCUT2D eigenvalue weighted by Crippen LogP contribution is -2.17. The molecule has 3 heterocycles. The van der Waals surface area contributed by atoms with Crippen molar-refractivity contribution < 1.29 is 0 Å². The number of fused-ring (bicyclic) bond motifs is 3. The molecule has 0 atom stereocenters. The SMILES string of the molecule is Nc1ncnc2sc3c(=O)n(-c4ccc(Br)cc4)cnc3c12. The first kappa shape index (κ1) is 13.4. The fourth-order valence-electron chi connectivity index (χ4n) is 2.27. The number of nitrogens with two attached hydrogens (primary N) is 1. The molecule has 0 radical (unpaired) electrons. The standard InChI is InChI=1S/C14H8BrN5OS/c15-7-1-3-8(4-2-7)20-6-19-10-9-12(16)17-5-18-13(9)22-11(10)14(20)21/h1-6H,(H2,16,17,18). The summed E-state index contributed by atoms with van der Waals surface area (Å²) in [5.41, 5.74) is 7.04. The minimum absolute atomic E-state index is 0.144. The van der Waals surface area contributed by atoms with Gasteiger partial charge in [0, 0.05) is 4.47 Å². The Morgan fingerprint density at radius 2 is 1.91 bits per heavy atom. The second kappa shape index (κ2) is 4.85. The van der Waals surface area contributed by atoms with Gasteiger partial charge in [0.1, 0.15) is 33.5 Å². The minimum Gasteiger partial charge on any atom is -0.383 e. The van der Waals surface area contributed by atoms with E-state index in [0.29, 0.717) is 26.3 Å². The molecule has 108 valence electrons. The number of nitrogen functional groups attached to an aromatic ring is 1. The first-order valence-corrected chi connectivity index (χ1v) is 7.92. The monoisotopic (exact) mass is 373 g/mol. The van der Waals surface area contributed by atoms with Gasteiger partial charge < -0.3 is 5.73 Å². The summed E-state index contributed by atoms with van der Waals surface area (Å²) in [7, 11) is 0. The summed E-state index contributed by atoms with van der Waals surface area (Å²) in [5, 5.41) is 0.641. The maximum absolute atomic E-state index is 12.7. The summed E-state index contributed by atoms with van der Waals surface area (Å²) < 4.78 is 2.98. The number of aromatic nitrogens is 4. The van der Waals surface area contributed by atoms with Gasteiger partial charge in [0.25, 0.3) is 5.56 Å². The van der Waals surface area contributed by atoms with Gasteiger partial charge >= 0.3 is 0 Å². The van der Waals surface area contributed by atoms with E-state index in [9.17, 15) is 4.79 Å². The lowest BCUT2D eigenvalue weighted by Gasteiger charge is -2.05. The molecule has 0 fully saturated rings. The van der Waals surface area contributed by atoms with Gasteiger partial charge in [0.05, 0.1) is 11.1 Å². The topological polar surface area (TPSA) is 86.7 Å². The van der Waals surface area contributed by atoms with Crippen LogP contribution in [0, 0.1) is 0 Å². The van der Waals surface area contributed by atoms with Gasteiger partial charge in [-0.15, -0.1) is 11.3 Å². The van der Waals surface area contributed by atoms with Gasteiger partial charge in [-0.2, -0.15) is 0 Å². The Morgan fingerprint density at radius 1 is 1.14 bits per heavy atom. The van der Waals surface area contributed by atoms with Crippen molar-refractivity contribution in [3.05, 3.63) is 51.7 Å². The molecule has 3 aromatic heterocycles. The van der Waals surface area contributed by atoms with Crippen molar-refractivity contribution in [1.82, 2.24) is 19.5 Å². The van der Waals surface area contributed by atoms with Gasteiger partial charge in [-0.05, 0) is 24.3 Å². The molecule has 0 spiro atoms. The Kier molecular flexibility index (Phi) is 2.95. The second-order valence-electron chi connectivity index (χ2n) is 4.61. The van der Waals surface area contributed by atoms with Gasteiger partial charge in [-0.25, -0.2) is 15.0 Å². The van der Waals surface area contributed by atoms with Crippen LogP contribution < -0.4 is 11.3 Å². The normalized spacial score (nSPS) is 11.3. The maximum Gasteiger partial charge on any atom is 0.275 e. The second-order valence-corrected chi connectivity index (χ2v) is 6.53. The molecule has 0 bridgehead atoms. The number of benzene rings is 1. The summed E-state index contributed by atoms with van der Waals surface area (Å²) in [6.07, 6.45) is 2.90. The van der Waals surface area contributed by atoms with E-state index in [2.05, 4.69) is 30.9 Å². The van der Waals surface area contributed by atoms with E-state index in [-0.39, 0.29) is 5.56 Å². The number of halogens is 1. The molecule has 0 aliphatic heterocycles. The highest BCUT2D eigenvalue weighted by Crippen LogP contribution is 2.31. The summed E-state index contributed by atoms with van der Waals surface area (Å²) in [6, 6.07) is 7.45. The molecule has 8 heteroatoms. The molecule has 22 heavy (non-hydrogen) atoms. The highest BCUT2D eigenvalue weighted by molar-refractivity contribution is 9.10. The van der Waals surface area contributed by atoms with Crippen LogP contribution in [0.4, 0.5) is 5.82 Å². The van der Waals surface area contributed by atoms with E-state index >= 15 is 0 Å². The first-order chi connectivity index (χ1) is 10.6. The van der Waals surface area contributed by atoms with E-state index in [1.807, 2.05) is 24.3 Å². The Balaban J connectivity index is 2.06. The van der Waals surface area contributed by atoms with Crippen LogP contribution in [0.25, 0.3) is 26.1 Å². The third-order valence-electron chi connectivity index (χ3n) is 3.31. The van der Waals surface area contributed by atoms with Gasteiger partial charge in [0.2, 0.25) is 0 Å². The van der Waals surface area contributed by atoms with Crippen LogP contribution in [0.1, 0.15) is 0 Å². The van der Waals surface area contributed by atoms with Crippen LogP contribution in [0.2, 0.25) is 0 Å². The highest BCUT2D eigenvalue weighted by Gasteiger charge is 2.15. The van der Waals surface area contributed by atoms with Gasteiger partial charge in [0.15, 0.2) is 0 Å². The van der Waals surface area contributed by atoms with Crippen molar-refractivity contribution in [2.24, 2.45) is 0 Å². The molecule has 4 rings (SSSR count). The van der Waals surface area contributed by atoms with Gasteiger partial charge in [-0.1, -0.05) is 15.9 Å². The highest BCUT2D eigenvalue weighted by atomic mass is 79.9. The van der Waals surface area contributed by atoms with Crippen molar-refractivity contribution in [3.8, 4) is 5.69 Å². The fourth-order valence-corrected chi connectivity index (χ4v) is 3.57. The molecule has 2 N–H and O–H groups in total. The Labute approximate surface area is 136 Å². The molecule has 0 saturated heterocycles. The summed E-state index contributed by atoms with van der Waals surface area (Å²) in [5.74, 6) is 0.338. The molecular formula is C14H8BrN5OS. The Morgan fingerprint density at radius 3 is 2.68 bits per heavy atom. The number of hydrogen-bond acceptors (Lipinski definition) is 6. The fraction of sp³-hybridized carbons (Fsp3) is 0. The van der Waals surface area contributed by atoms with Crippen molar-refractivity contribution >= 4 is 53.5 Å². The van der Waals surface area contributed by atoms with Crippen LogP contribution in [-0.4, -0.2) is 19.5 Å². The van der Waals surface area contributed by atoms with Gasteiger partial charge in [-0.3, -0.25) is 9.36 Å². The molecule has 0 amide bonds. The zero-order valence-corrected chi connectivity index (χ0v) is 13.4. The van der Waals surface area contributed by atoms with Crippen LogP contribution in [0.15, 0.2) is 46.2 Å². The smallest absolute Gasteiger partial charge is 0.275 e. The molecular weight excluding hydrogens is 366 g/mol. The molecule has 4 aromatic rings. The van der Waals surface area contributed by atoms with Crippen LogP contribution in [0.5, 0.6) is 0 Å². The number of thiophene rings is 1.